The van der Waals surface area contributed by atoms with E-state index in [9.17, 15) is 28.8 Å². The van der Waals surface area contributed by atoms with E-state index in [1.807, 2.05) is 6.07 Å². The Morgan fingerprint density at radius 1 is 1.00 bits per heavy atom. The topological polar surface area (TPSA) is 192 Å². The summed E-state index contributed by atoms with van der Waals surface area (Å²) in [5.41, 5.74) is 8.10. The van der Waals surface area contributed by atoms with Gasteiger partial charge in [-0.05, 0) is 19.4 Å². The zero-order valence-electron chi connectivity index (χ0n) is 21.3. The number of primary amides is 1. The van der Waals surface area contributed by atoms with Crippen LogP contribution in [-0.2, 0) is 35.3 Å². The van der Waals surface area contributed by atoms with Crippen LogP contribution in [0.5, 0.6) is 0 Å². The molecule has 0 aliphatic carbocycles. The predicted octanol–water partition coefficient (Wildman–Crippen LogP) is -1.86. The number of ether oxygens (including phenoxy) is 1. The van der Waals surface area contributed by atoms with Gasteiger partial charge < -0.3 is 31.3 Å². The number of hydrogen-bond donors (Lipinski definition) is 5. The molecule has 1 aliphatic rings. The maximum Gasteiger partial charge on any atom is 0.331 e. The van der Waals surface area contributed by atoms with E-state index in [2.05, 4.69) is 21.4 Å². The number of hydrazine groups is 1. The van der Waals surface area contributed by atoms with Crippen molar-refractivity contribution in [3.05, 3.63) is 48.0 Å². The highest BCUT2D eigenvalue weighted by atomic mass is 16.5. The Labute approximate surface area is 219 Å². The Morgan fingerprint density at radius 2 is 1.63 bits per heavy atom. The summed E-state index contributed by atoms with van der Waals surface area (Å²) in [6, 6.07) is 6.38. The molecule has 38 heavy (non-hydrogen) atoms. The number of urea groups is 1. The number of carbonyl (C=O) groups is 6. The van der Waals surface area contributed by atoms with Crippen molar-refractivity contribution in [3.63, 3.8) is 0 Å². The van der Waals surface area contributed by atoms with Gasteiger partial charge in [0.25, 0.3) is 11.8 Å². The zero-order valence-corrected chi connectivity index (χ0v) is 21.3. The molecule has 0 unspecified atom stereocenters. The van der Waals surface area contributed by atoms with Crippen LogP contribution in [0.15, 0.2) is 42.5 Å². The maximum absolute atomic E-state index is 12.6. The number of rotatable bonds is 10. The Morgan fingerprint density at radius 3 is 2.26 bits per heavy atom. The van der Waals surface area contributed by atoms with Crippen molar-refractivity contribution in [3.8, 4) is 0 Å². The van der Waals surface area contributed by atoms with Crippen molar-refractivity contribution in [2.45, 2.75) is 32.5 Å². The number of amides is 6. The molecular weight excluding hydrogens is 498 g/mol. The highest BCUT2D eigenvalue weighted by Gasteiger charge is 2.25. The fourth-order valence-corrected chi connectivity index (χ4v) is 3.18. The normalized spacial score (nSPS) is 14.6. The number of nitrogens with two attached hydrogens (primary N) is 1. The van der Waals surface area contributed by atoms with Crippen LogP contribution < -0.4 is 27.1 Å². The molecule has 2 atom stereocenters. The van der Waals surface area contributed by atoms with Crippen LogP contribution in [0.3, 0.4) is 0 Å². The molecule has 0 spiro atoms. The summed E-state index contributed by atoms with van der Waals surface area (Å²) in [6.07, 6.45) is 1.66. The molecular formula is C24H33N7O7. The van der Waals surface area contributed by atoms with Gasteiger partial charge in [-0.15, -0.1) is 0 Å². The van der Waals surface area contributed by atoms with Crippen molar-refractivity contribution < 1.29 is 33.5 Å². The SMILES string of the molecule is C[C@H](NC(=O)[C@H](C)NC(=O)N1CCNCC1)C(=O)NN(CC(N)=O)C(=O)/C=C/C(=O)OCc1ccccc1. The number of nitrogens with one attached hydrogen (secondary N) is 4. The monoisotopic (exact) mass is 531 g/mol. The molecule has 0 saturated carbocycles. The molecule has 0 radical (unpaired) electrons. The Hall–Kier alpha value is -4.46. The molecule has 1 saturated heterocycles. The van der Waals surface area contributed by atoms with Crippen molar-refractivity contribution in [1.82, 2.24) is 31.3 Å². The third-order valence-corrected chi connectivity index (χ3v) is 5.30. The summed E-state index contributed by atoms with van der Waals surface area (Å²) in [7, 11) is 0. The Balaban J connectivity index is 1.87. The van der Waals surface area contributed by atoms with E-state index in [1.54, 1.807) is 29.2 Å². The van der Waals surface area contributed by atoms with Gasteiger partial charge >= 0.3 is 12.0 Å². The number of benzene rings is 1. The van der Waals surface area contributed by atoms with E-state index >= 15 is 0 Å². The molecule has 206 valence electrons. The van der Waals surface area contributed by atoms with Crippen molar-refractivity contribution in [2.24, 2.45) is 5.73 Å². The van der Waals surface area contributed by atoms with Crippen LogP contribution in [0.4, 0.5) is 4.79 Å². The third kappa shape index (κ3) is 10.3. The first-order chi connectivity index (χ1) is 18.1. The molecule has 1 fully saturated rings. The Bertz CT molecular complexity index is 1040. The van der Waals surface area contributed by atoms with Gasteiger partial charge in [-0.2, -0.15) is 0 Å². The van der Waals surface area contributed by atoms with Gasteiger partial charge in [-0.1, -0.05) is 30.3 Å². The highest BCUT2D eigenvalue weighted by Crippen LogP contribution is 2.01. The van der Waals surface area contributed by atoms with Crippen molar-refractivity contribution in [2.75, 3.05) is 32.7 Å². The molecule has 0 aromatic heterocycles. The number of nitrogens with zero attached hydrogens (tertiary/aromatic N) is 2. The van der Waals surface area contributed by atoms with E-state index in [1.165, 1.54) is 13.8 Å². The molecule has 2 rings (SSSR count). The van der Waals surface area contributed by atoms with Crippen LogP contribution in [0.1, 0.15) is 19.4 Å². The van der Waals surface area contributed by atoms with Crippen molar-refractivity contribution >= 4 is 35.6 Å². The quantitative estimate of drug-likeness (QED) is 0.132. The van der Waals surface area contributed by atoms with E-state index in [4.69, 9.17) is 10.5 Å². The first kappa shape index (κ1) is 29.8. The fraction of sp³-hybridized carbons (Fsp3) is 0.417. The minimum absolute atomic E-state index is 0.00866. The second kappa shape index (κ2) is 14.9. The van der Waals surface area contributed by atoms with Gasteiger partial charge in [0, 0.05) is 38.3 Å². The standard InChI is InChI=1S/C24H33N7O7/c1-16(28-24(37)30-12-10-26-11-13-30)22(35)27-17(2)23(36)29-31(14-19(25)32)20(33)8-9-21(34)38-15-18-6-4-3-5-7-18/h3-9,16-17,26H,10-15H2,1-2H3,(H2,25,32)(H,27,35)(H,28,37)(H,29,36)/b9-8+/t16-,17-/m0/s1. The van der Waals surface area contributed by atoms with E-state index in [0.29, 0.717) is 31.2 Å². The van der Waals surface area contributed by atoms with Crippen LogP contribution in [-0.4, -0.2) is 90.3 Å². The third-order valence-electron chi connectivity index (χ3n) is 5.30. The Kier molecular flexibility index (Phi) is 11.7. The van der Waals surface area contributed by atoms with Gasteiger partial charge in [-0.3, -0.25) is 24.6 Å². The first-order valence-electron chi connectivity index (χ1n) is 11.9. The van der Waals surface area contributed by atoms with Crippen LogP contribution in [0.2, 0.25) is 0 Å². The molecule has 14 heteroatoms. The van der Waals surface area contributed by atoms with Crippen LogP contribution in [0.25, 0.3) is 0 Å². The molecule has 6 amide bonds. The van der Waals surface area contributed by atoms with E-state index in [-0.39, 0.29) is 6.61 Å². The molecule has 1 aromatic rings. The minimum atomic E-state index is -1.15. The van der Waals surface area contributed by atoms with Gasteiger partial charge in [-0.25, -0.2) is 14.6 Å². The lowest BCUT2D eigenvalue weighted by atomic mass is 10.2. The summed E-state index contributed by atoms with van der Waals surface area (Å²) in [5.74, 6) is -4.15. The lowest BCUT2D eigenvalue weighted by Crippen LogP contribution is -2.58. The van der Waals surface area contributed by atoms with Crippen LogP contribution >= 0.6 is 0 Å². The summed E-state index contributed by atoms with van der Waals surface area (Å²) >= 11 is 0. The number of piperazine rings is 1. The number of hydrogen-bond acceptors (Lipinski definition) is 8. The lowest BCUT2D eigenvalue weighted by molar-refractivity contribution is -0.142. The number of esters is 1. The molecule has 1 heterocycles. The summed E-state index contributed by atoms with van der Waals surface area (Å²) < 4.78 is 5.03. The van der Waals surface area contributed by atoms with Gasteiger partial charge in [0.15, 0.2) is 0 Å². The fourth-order valence-electron chi connectivity index (χ4n) is 3.18. The molecule has 0 bridgehead atoms. The van der Waals surface area contributed by atoms with Gasteiger partial charge in [0.05, 0.1) is 0 Å². The predicted molar refractivity (Wildman–Crippen MR) is 134 cm³/mol. The molecule has 1 aliphatic heterocycles. The molecule has 1 aromatic carbocycles. The molecule has 6 N–H and O–H groups in total. The van der Waals surface area contributed by atoms with Gasteiger partial charge in [0.2, 0.25) is 11.8 Å². The maximum atomic E-state index is 12.6. The summed E-state index contributed by atoms with van der Waals surface area (Å²) in [5, 5.41) is 8.70. The van der Waals surface area contributed by atoms with Gasteiger partial charge in [0.1, 0.15) is 25.2 Å². The smallest absolute Gasteiger partial charge is 0.331 e. The second-order valence-corrected chi connectivity index (χ2v) is 8.43. The average molecular weight is 532 g/mol. The van der Waals surface area contributed by atoms with E-state index < -0.39 is 54.3 Å². The summed E-state index contributed by atoms with van der Waals surface area (Å²) in [6.45, 7) is 4.42. The minimum Gasteiger partial charge on any atom is -0.458 e. The summed E-state index contributed by atoms with van der Waals surface area (Å²) in [4.78, 5) is 74.7. The largest absolute Gasteiger partial charge is 0.458 e. The van der Waals surface area contributed by atoms with Crippen LogP contribution in [0, 0.1) is 0 Å². The van der Waals surface area contributed by atoms with E-state index in [0.717, 1.165) is 17.7 Å². The second-order valence-electron chi connectivity index (χ2n) is 8.43. The highest BCUT2D eigenvalue weighted by molar-refractivity contribution is 5.98. The average Bonchev–Trinajstić information content (AvgIpc) is 2.90. The van der Waals surface area contributed by atoms with Crippen molar-refractivity contribution in [1.29, 1.82) is 0 Å². The molecule has 14 nitrogen and oxygen atoms in total. The first-order valence-corrected chi connectivity index (χ1v) is 11.9. The number of carbonyl (C=O) groups excluding carboxylic acids is 6. The lowest BCUT2D eigenvalue weighted by Gasteiger charge is -2.29. The zero-order chi connectivity index (χ0) is 28.1.